The van der Waals surface area contributed by atoms with Crippen LogP contribution in [0.1, 0.15) is 6.42 Å². The molecule has 0 unspecified atom stereocenters. The molecule has 1 amide bonds. The number of carboxylic acids is 1. The third-order valence-corrected chi connectivity index (χ3v) is 2.86. The summed E-state index contributed by atoms with van der Waals surface area (Å²) in [6, 6.07) is 0. The van der Waals surface area contributed by atoms with Gasteiger partial charge in [-0.3, -0.25) is 9.59 Å². The Morgan fingerprint density at radius 2 is 2.22 bits per heavy atom. The van der Waals surface area contributed by atoms with Gasteiger partial charge in [-0.25, -0.2) is 5.01 Å². The summed E-state index contributed by atoms with van der Waals surface area (Å²) in [5, 5.41) is 14.5. The molecule has 6 nitrogen and oxygen atoms in total. The number of aliphatic carboxylic acids is 1. The maximum Gasteiger partial charge on any atom is 0.305 e. The number of nitrogens with zero attached hydrogens (tertiary/aromatic N) is 3. The van der Waals surface area contributed by atoms with Gasteiger partial charge in [0.15, 0.2) is 5.84 Å². The molecule has 96 valence electrons. The summed E-state index contributed by atoms with van der Waals surface area (Å²) in [6.45, 7) is 0.0614. The highest BCUT2D eigenvalue weighted by molar-refractivity contribution is 6.45. The van der Waals surface area contributed by atoms with Crippen molar-refractivity contribution in [1.82, 2.24) is 9.91 Å². The van der Waals surface area contributed by atoms with Gasteiger partial charge in [-0.1, -0.05) is 23.2 Å². The number of fused-ring (bicyclic) bond motifs is 1. The van der Waals surface area contributed by atoms with Crippen molar-refractivity contribution in [3.8, 4) is 0 Å². The van der Waals surface area contributed by atoms with Crippen molar-refractivity contribution in [2.75, 3.05) is 13.1 Å². The Balaban J connectivity index is 2.20. The maximum atomic E-state index is 11.7. The second kappa shape index (κ2) is 4.99. The smallest absolute Gasteiger partial charge is 0.305 e. The number of carboxylic acid groups (broad SMARTS) is 1. The summed E-state index contributed by atoms with van der Waals surface area (Å²) in [7, 11) is 0. The van der Waals surface area contributed by atoms with Gasteiger partial charge in [-0.05, 0) is 6.08 Å². The zero-order chi connectivity index (χ0) is 13.3. The molecule has 0 atom stereocenters. The van der Waals surface area contributed by atoms with Crippen molar-refractivity contribution in [2.45, 2.75) is 6.42 Å². The number of hydrazone groups is 1. The van der Waals surface area contributed by atoms with Crippen LogP contribution in [-0.2, 0) is 9.59 Å². The van der Waals surface area contributed by atoms with Crippen LogP contribution in [-0.4, -0.2) is 45.8 Å². The number of allylic oxidation sites excluding steroid dienone is 2. The predicted molar refractivity (Wildman–Crippen MR) is 66.0 cm³/mol. The van der Waals surface area contributed by atoms with Crippen molar-refractivity contribution >= 4 is 40.9 Å². The lowest BCUT2D eigenvalue weighted by molar-refractivity contribution is -0.138. The van der Waals surface area contributed by atoms with Gasteiger partial charge in [0.2, 0.25) is 0 Å². The molecule has 0 spiro atoms. The van der Waals surface area contributed by atoms with Gasteiger partial charge in [0.05, 0.1) is 23.0 Å². The van der Waals surface area contributed by atoms with Crippen LogP contribution in [0.5, 0.6) is 0 Å². The standard InChI is InChI=1S/C10H9Cl2N3O3/c11-6-3-7(12)10-13-15(2-1-9(17)18)8(16)5-14(10)4-6/h3-4H,1-2,5H2,(H,17,18). The van der Waals surface area contributed by atoms with Crippen molar-refractivity contribution in [3.05, 3.63) is 22.3 Å². The summed E-state index contributed by atoms with van der Waals surface area (Å²) >= 11 is 11.8. The van der Waals surface area contributed by atoms with E-state index in [-0.39, 0.29) is 25.4 Å². The Morgan fingerprint density at radius 3 is 2.89 bits per heavy atom. The molecule has 0 saturated heterocycles. The number of rotatable bonds is 3. The summed E-state index contributed by atoms with van der Waals surface area (Å²) in [5.41, 5.74) is 0. The quantitative estimate of drug-likeness (QED) is 0.845. The number of carbonyl (C=O) groups is 2. The number of hydrogen-bond acceptors (Lipinski definition) is 4. The van der Waals surface area contributed by atoms with Crippen LogP contribution < -0.4 is 0 Å². The summed E-state index contributed by atoms with van der Waals surface area (Å²) in [6.07, 6.45) is 2.91. The van der Waals surface area contributed by atoms with E-state index < -0.39 is 5.97 Å². The third kappa shape index (κ3) is 2.65. The van der Waals surface area contributed by atoms with Gasteiger partial charge in [-0.15, -0.1) is 0 Å². The molecule has 0 bridgehead atoms. The normalized spacial score (nSPS) is 19.0. The molecule has 2 heterocycles. The lowest BCUT2D eigenvalue weighted by Crippen LogP contribution is -2.46. The Bertz CT molecular complexity index is 499. The summed E-state index contributed by atoms with van der Waals surface area (Å²) in [4.78, 5) is 23.7. The zero-order valence-electron chi connectivity index (χ0n) is 9.14. The Hall–Kier alpha value is -1.53. The number of amides is 1. The zero-order valence-corrected chi connectivity index (χ0v) is 10.6. The molecule has 0 aliphatic carbocycles. The van der Waals surface area contributed by atoms with Crippen molar-refractivity contribution < 1.29 is 14.7 Å². The Labute approximate surface area is 113 Å². The molecule has 0 aromatic carbocycles. The molecule has 0 fully saturated rings. The largest absolute Gasteiger partial charge is 0.481 e. The van der Waals surface area contributed by atoms with E-state index in [9.17, 15) is 9.59 Å². The van der Waals surface area contributed by atoms with Gasteiger partial charge in [-0.2, -0.15) is 5.10 Å². The average molecular weight is 290 g/mol. The summed E-state index contributed by atoms with van der Waals surface area (Å²) in [5.74, 6) is -0.892. The van der Waals surface area contributed by atoms with Crippen molar-refractivity contribution in [3.63, 3.8) is 0 Å². The molecular weight excluding hydrogens is 281 g/mol. The van der Waals surface area contributed by atoms with Gasteiger partial charge in [0.1, 0.15) is 6.54 Å². The molecule has 0 aromatic rings. The molecule has 0 aromatic heterocycles. The molecule has 18 heavy (non-hydrogen) atoms. The molecule has 2 aliphatic rings. The van der Waals surface area contributed by atoms with Crippen LogP contribution in [0.2, 0.25) is 0 Å². The monoisotopic (exact) mass is 289 g/mol. The van der Waals surface area contributed by atoms with E-state index in [1.54, 1.807) is 6.20 Å². The van der Waals surface area contributed by atoms with E-state index in [2.05, 4.69) is 5.10 Å². The molecule has 2 rings (SSSR count). The topological polar surface area (TPSA) is 73.2 Å². The lowest BCUT2D eigenvalue weighted by Gasteiger charge is -2.32. The van der Waals surface area contributed by atoms with Crippen molar-refractivity contribution in [2.24, 2.45) is 5.10 Å². The maximum absolute atomic E-state index is 11.7. The molecule has 0 radical (unpaired) electrons. The average Bonchev–Trinajstić information content (AvgIpc) is 2.26. The first-order valence-corrected chi connectivity index (χ1v) is 5.85. The first-order valence-electron chi connectivity index (χ1n) is 5.09. The summed E-state index contributed by atoms with van der Waals surface area (Å²) < 4.78 is 0. The van der Waals surface area contributed by atoms with Crippen LogP contribution in [0.25, 0.3) is 0 Å². The molecule has 0 saturated carbocycles. The third-order valence-electron chi connectivity index (χ3n) is 2.38. The first-order chi connectivity index (χ1) is 8.47. The van der Waals surface area contributed by atoms with Crippen molar-refractivity contribution in [1.29, 1.82) is 0 Å². The van der Waals surface area contributed by atoms with Crippen LogP contribution in [0.3, 0.4) is 0 Å². The number of amidine groups is 1. The van der Waals surface area contributed by atoms with Crippen LogP contribution in [0.4, 0.5) is 0 Å². The van der Waals surface area contributed by atoms with Crippen LogP contribution in [0, 0.1) is 0 Å². The van der Waals surface area contributed by atoms with E-state index in [1.807, 2.05) is 0 Å². The fraction of sp³-hybridized carbons (Fsp3) is 0.300. The highest BCUT2D eigenvalue weighted by Gasteiger charge is 2.29. The van der Waals surface area contributed by atoms with Crippen LogP contribution >= 0.6 is 23.2 Å². The highest BCUT2D eigenvalue weighted by atomic mass is 35.5. The van der Waals surface area contributed by atoms with E-state index in [0.717, 1.165) is 5.01 Å². The minimum atomic E-state index is -0.987. The van der Waals surface area contributed by atoms with Gasteiger partial charge >= 0.3 is 5.97 Å². The first kappa shape index (κ1) is 12.9. The van der Waals surface area contributed by atoms with E-state index in [0.29, 0.717) is 15.9 Å². The fourth-order valence-electron chi connectivity index (χ4n) is 1.57. The molecule has 2 aliphatic heterocycles. The SMILES string of the molecule is O=C(O)CCN1N=C2C(Cl)=CC(Cl)=CN2CC1=O. The predicted octanol–water partition coefficient (Wildman–Crippen LogP) is 1.14. The Kier molecular flexibility index (Phi) is 3.58. The molecule has 8 heteroatoms. The minimum Gasteiger partial charge on any atom is -0.481 e. The molecular formula is C10H9Cl2N3O3. The Morgan fingerprint density at radius 1 is 1.50 bits per heavy atom. The fourth-order valence-corrected chi connectivity index (χ4v) is 2.12. The van der Waals surface area contributed by atoms with Gasteiger partial charge in [0, 0.05) is 6.20 Å². The van der Waals surface area contributed by atoms with E-state index >= 15 is 0 Å². The second-order valence-electron chi connectivity index (χ2n) is 3.72. The van der Waals surface area contributed by atoms with Crippen LogP contribution in [0.15, 0.2) is 27.4 Å². The van der Waals surface area contributed by atoms with E-state index in [1.165, 1.54) is 11.0 Å². The second-order valence-corrected chi connectivity index (χ2v) is 4.56. The number of hydrogen-bond donors (Lipinski definition) is 1. The van der Waals surface area contributed by atoms with Gasteiger partial charge < -0.3 is 10.0 Å². The molecule has 1 N–H and O–H groups in total. The van der Waals surface area contributed by atoms with Gasteiger partial charge in [0.25, 0.3) is 5.91 Å². The highest BCUT2D eigenvalue weighted by Crippen LogP contribution is 2.24. The number of halogens is 2. The minimum absolute atomic E-state index is 0.0210. The number of carbonyl (C=O) groups excluding carboxylic acids is 1. The van der Waals surface area contributed by atoms with E-state index in [4.69, 9.17) is 28.3 Å². The lowest BCUT2D eigenvalue weighted by atomic mass is 10.3.